The fraction of sp³-hybridized carbons (Fsp3) is 0.718. The Morgan fingerprint density at radius 1 is 1.15 bits per heavy atom. The maximum atomic E-state index is 14.2. The molecule has 280 valence electrons. The third kappa shape index (κ3) is 5.65. The zero-order valence-corrected chi connectivity index (χ0v) is 31.0. The van der Waals surface area contributed by atoms with Crippen LogP contribution in [-0.2, 0) is 25.3 Å². The zero-order chi connectivity index (χ0) is 36.8. The largest absolute Gasteiger partial charge is 0.482 e. The van der Waals surface area contributed by atoms with E-state index in [1.165, 1.54) is 0 Å². The van der Waals surface area contributed by atoms with Gasteiger partial charge in [0.25, 0.3) is 5.92 Å². The fourth-order valence-corrected chi connectivity index (χ4v) is 11.0. The van der Waals surface area contributed by atoms with Gasteiger partial charge in [0.2, 0.25) is 5.91 Å². The van der Waals surface area contributed by atoms with Crippen molar-refractivity contribution in [2.24, 2.45) is 28.6 Å². The molecule has 7 fully saturated rings. The van der Waals surface area contributed by atoms with Crippen molar-refractivity contribution in [1.82, 2.24) is 15.1 Å². The normalized spacial score (nSPS) is 35.6. The molecular weight excluding hydrogens is 669 g/mol. The third-order valence-corrected chi connectivity index (χ3v) is 14.4. The Balaban J connectivity index is 0.957. The van der Waals surface area contributed by atoms with Gasteiger partial charge in [-0.05, 0) is 94.6 Å². The number of alkyl carbamates (subject to hydrolysis) is 1. The number of halogens is 2. The van der Waals surface area contributed by atoms with Gasteiger partial charge in [0, 0.05) is 36.4 Å². The lowest BCUT2D eigenvalue weighted by Crippen LogP contribution is -2.65. The highest BCUT2D eigenvalue weighted by atomic mass is 19.3. The number of nitriles is 1. The smallest absolute Gasteiger partial charge is 0.464 e. The van der Waals surface area contributed by atoms with Crippen LogP contribution in [0.3, 0.4) is 0 Å². The first-order valence-electron chi connectivity index (χ1n) is 19.2. The summed E-state index contributed by atoms with van der Waals surface area (Å²) in [5.74, 6) is -3.09. The minimum atomic E-state index is -2.77. The molecule has 2 bridgehead atoms. The number of carbonyl (C=O) groups excluding carboxylic acids is 2. The number of alkyl halides is 2. The van der Waals surface area contributed by atoms with E-state index in [-0.39, 0.29) is 49.4 Å². The molecule has 1 N–H and O–H groups in total. The summed E-state index contributed by atoms with van der Waals surface area (Å²) < 4.78 is 53.7. The number of nitrogens with one attached hydrogen (secondary N) is 1. The van der Waals surface area contributed by atoms with E-state index in [0.717, 1.165) is 29.4 Å². The fourth-order valence-electron chi connectivity index (χ4n) is 11.0. The molecule has 1 aromatic heterocycles. The zero-order valence-electron chi connectivity index (χ0n) is 31.0. The average Bonchev–Trinajstić information content (AvgIpc) is 3.78. The van der Waals surface area contributed by atoms with E-state index in [2.05, 4.69) is 32.2 Å². The summed E-state index contributed by atoms with van der Waals surface area (Å²) in [7, 11) is -0.694. The minimum absolute atomic E-state index is 0.0664. The van der Waals surface area contributed by atoms with Crippen molar-refractivity contribution < 1.29 is 36.8 Å². The first-order chi connectivity index (χ1) is 24.6. The summed E-state index contributed by atoms with van der Waals surface area (Å²) in [4.78, 5) is 31.3. The molecule has 4 aliphatic carbocycles. The Labute approximate surface area is 305 Å². The SMILES string of the molecule is CC1(C)[C@@H]2C[C@H]3OB([C@H](Cc4coc5ccccc45)NC(=O)O[C@H]4CCCN(C(=O)C5(C#N)CCC5C(C)(C)N5CCC(F)(F)C5)C4)O[C@@]3(C)[C@H]1C2. The quantitative estimate of drug-likeness (QED) is 0.313. The summed E-state index contributed by atoms with van der Waals surface area (Å²) in [5.41, 5.74) is -0.672. The van der Waals surface area contributed by atoms with Crippen LogP contribution in [0.15, 0.2) is 34.9 Å². The monoisotopic (exact) mass is 720 g/mol. The van der Waals surface area contributed by atoms with E-state index in [0.29, 0.717) is 50.5 Å². The number of ether oxygens (including phenoxy) is 1. The molecule has 3 saturated heterocycles. The molecule has 13 heteroatoms. The van der Waals surface area contributed by atoms with Gasteiger partial charge < -0.3 is 28.7 Å². The van der Waals surface area contributed by atoms with Crippen LogP contribution in [0, 0.1) is 39.9 Å². The average molecular weight is 721 g/mol. The molecule has 4 heterocycles. The molecule has 1 aromatic carbocycles. The lowest BCUT2D eigenvalue weighted by Gasteiger charge is -2.64. The molecule has 10 nitrogen and oxygen atoms in total. The van der Waals surface area contributed by atoms with Gasteiger partial charge in [0.1, 0.15) is 17.1 Å². The molecular formula is C39H51BF2N4O6. The van der Waals surface area contributed by atoms with Crippen LogP contribution in [0.1, 0.15) is 85.1 Å². The Morgan fingerprint density at radius 3 is 2.63 bits per heavy atom. The van der Waals surface area contributed by atoms with Gasteiger partial charge in [-0.3, -0.25) is 9.69 Å². The second-order valence-corrected chi connectivity index (χ2v) is 17.8. The number of amides is 2. The number of furan rings is 1. The van der Waals surface area contributed by atoms with E-state index in [1.807, 2.05) is 38.1 Å². The summed E-state index contributed by atoms with van der Waals surface area (Å²) >= 11 is 0. The Bertz CT molecular complexity index is 1780. The van der Waals surface area contributed by atoms with Gasteiger partial charge in [-0.2, -0.15) is 5.26 Å². The Morgan fingerprint density at radius 2 is 1.94 bits per heavy atom. The van der Waals surface area contributed by atoms with E-state index >= 15 is 0 Å². The lowest BCUT2D eigenvalue weighted by atomic mass is 9.43. The van der Waals surface area contributed by atoms with Crippen LogP contribution in [-0.4, -0.2) is 90.3 Å². The number of nitrogens with zero attached hydrogens (tertiary/aromatic N) is 3. The maximum Gasteiger partial charge on any atom is 0.482 e. The van der Waals surface area contributed by atoms with E-state index < -0.39 is 47.7 Å². The summed E-state index contributed by atoms with van der Waals surface area (Å²) in [6, 6.07) is 10.1. The molecule has 2 unspecified atom stereocenters. The Hall–Kier alpha value is -3.21. The van der Waals surface area contributed by atoms with Gasteiger partial charge in [0.05, 0.1) is 43.1 Å². The molecule has 7 aliphatic rings. The van der Waals surface area contributed by atoms with Crippen LogP contribution >= 0.6 is 0 Å². The lowest BCUT2D eigenvalue weighted by molar-refractivity contribution is -0.199. The van der Waals surface area contributed by atoms with Crippen molar-refractivity contribution in [3.63, 3.8) is 0 Å². The number of piperidine rings is 1. The molecule has 0 spiro atoms. The van der Waals surface area contributed by atoms with Gasteiger partial charge in [-0.15, -0.1) is 0 Å². The highest BCUT2D eigenvalue weighted by Crippen LogP contribution is 2.66. The van der Waals surface area contributed by atoms with Crippen LogP contribution < -0.4 is 5.32 Å². The molecule has 8 atom stereocenters. The number of likely N-dealkylation sites (tertiary alicyclic amines) is 2. The number of carbonyl (C=O) groups is 2. The molecule has 3 aliphatic heterocycles. The van der Waals surface area contributed by atoms with Crippen molar-refractivity contribution in [3.8, 4) is 6.07 Å². The molecule has 2 amide bonds. The van der Waals surface area contributed by atoms with Crippen molar-refractivity contribution in [2.45, 2.75) is 121 Å². The molecule has 9 rings (SSSR count). The molecule has 52 heavy (non-hydrogen) atoms. The topological polar surface area (TPSA) is 117 Å². The maximum absolute atomic E-state index is 14.2. The first-order valence-corrected chi connectivity index (χ1v) is 19.2. The predicted molar refractivity (Wildman–Crippen MR) is 189 cm³/mol. The van der Waals surface area contributed by atoms with E-state index in [1.54, 1.807) is 16.1 Å². The number of hydrogen-bond donors (Lipinski definition) is 1. The summed E-state index contributed by atoms with van der Waals surface area (Å²) in [6.07, 6.45) is 4.83. The third-order valence-electron chi connectivity index (χ3n) is 14.4. The number of fused-ring (bicyclic) bond motifs is 1. The molecule has 4 saturated carbocycles. The van der Waals surface area contributed by atoms with E-state index in [9.17, 15) is 23.6 Å². The highest BCUT2D eigenvalue weighted by molar-refractivity contribution is 6.48. The number of rotatable bonds is 8. The molecule has 2 aromatic rings. The standard InChI is InChI=1S/C39H51BF2N4O6/c1-35(2)25-18-30(35)37(5)31(19-25)51-40(52-37)32(17-24-21-49-28-11-7-6-10-27(24)28)44-34(48)50-26-9-8-15-45(20-26)33(47)38(22-43)13-12-29(38)36(3,4)46-16-14-39(41,42)23-46/h6-7,10-11,21,25-26,29-32H,8-9,12-20,23H2,1-5H3,(H,44,48)/t25-,26-,29?,30-,31+,32-,37-,38?/m0/s1. The van der Waals surface area contributed by atoms with Crippen LogP contribution in [0.25, 0.3) is 11.0 Å². The van der Waals surface area contributed by atoms with Crippen molar-refractivity contribution in [3.05, 3.63) is 36.1 Å². The number of hydrogen-bond acceptors (Lipinski definition) is 8. The molecule has 0 radical (unpaired) electrons. The minimum Gasteiger partial charge on any atom is -0.464 e. The van der Waals surface area contributed by atoms with Crippen LogP contribution in [0.2, 0.25) is 0 Å². The number of benzene rings is 1. The van der Waals surface area contributed by atoms with Gasteiger partial charge in [0.15, 0.2) is 0 Å². The number of para-hydroxylation sites is 1. The van der Waals surface area contributed by atoms with Gasteiger partial charge in [-0.1, -0.05) is 32.0 Å². The van der Waals surface area contributed by atoms with Crippen LogP contribution in [0.5, 0.6) is 0 Å². The van der Waals surface area contributed by atoms with Crippen molar-refractivity contribution in [1.29, 1.82) is 5.26 Å². The summed E-state index contributed by atoms with van der Waals surface area (Å²) in [5, 5.41) is 14.5. The van der Waals surface area contributed by atoms with E-state index in [4.69, 9.17) is 18.5 Å². The summed E-state index contributed by atoms with van der Waals surface area (Å²) in [6.45, 7) is 11.0. The van der Waals surface area contributed by atoms with Crippen molar-refractivity contribution in [2.75, 3.05) is 26.2 Å². The first kappa shape index (κ1) is 35.8. The Kier molecular flexibility index (Phi) is 8.55. The second kappa shape index (κ2) is 12.4. The van der Waals surface area contributed by atoms with Gasteiger partial charge >= 0.3 is 13.2 Å². The van der Waals surface area contributed by atoms with Crippen LogP contribution in [0.4, 0.5) is 13.6 Å². The highest BCUT2D eigenvalue weighted by Gasteiger charge is 2.69. The van der Waals surface area contributed by atoms with Gasteiger partial charge in [-0.25, -0.2) is 13.6 Å². The van der Waals surface area contributed by atoms with Crippen molar-refractivity contribution >= 4 is 30.1 Å². The second-order valence-electron chi connectivity index (χ2n) is 17.8. The predicted octanol–water partition coefficient (Wildman–Crippen LogP) is 6.37.